The van der Waals surface area contributed by atoms with Crippen LogP contribution in [0.5, 0.6) is 0 Å². The van der Waals surface area contributed by atoms with Crippen molar-refractivity contribution in [2.24, 2.45) is 0 Å². The molecule has 2 aromatic heterocycles. The number of likely N-dealkylation sites (tertiary alicyclic amines) is 1. The normalized spacial score (nSPS) is 16.8. The van der Waals surface area contributed by atoms with E-state index in [1.165, 1.54) is 24.8 Å². The second-order valence-corrected chi connectivity index (χ2v) is 9.61. The zero-order chi connectivity index (χ0) is 24.9. The van der Waals surface area contributed by atoms with E-state index in [0.29, 0.717) is 28.4 Å². The number of hydrogen-bond acceptors (Lipinski definition) is 5. The molecule has 2 amide bonds. The largest absolute Gasteiger partial charge is 0.349 e. The molecule has 8 heteroatoms. The molecule has 3 heterocycles. The summed E-state index contributed by atoms with van der Waals surface area (Å²) < 4.78 is 13.5. The van der Waals surface area contributed by atoms with Gasteiger partial charge in [-0.05, 0) is 68.5 Å². The van der Waals surface area contributed by atoms with E-state index < -0.39 is 0 Å². The van der Waals surface area contributed by atoms with Crippen LogP contribution in [0.3, 0.4) is 0 Å². The molecule has 0 radical (unpaired) electrons. The fraction of sp³-hybridized carbons (Fsp3) is 0.357. The topological polar surface area (TPSA) is 87.2 Å². The molecule has 2 aliphatic rings. The van der Waals surface area contributed by atoms with E-state index in [9.17, 15) is 14.0 Å². The number of rotatable bonds is 7. The molecule has 1 aliphatic carbocycles. The lowest BCUT2D eigenvalue weighted by Gasteiger charge is -2.32. The number of benzene rings is 1. The second kappa shape index (κ2) is 11.0. The molecule has 1 aromatic carbocycles. The fourth-order valence-electron chi connectivity index (χ4n) is 4.55. The maximum atomic E-state index is 13.5. The maximum absolute atomic E-state index is 13.5. The van der Waals surface area contributed by atoms with E-state index in [1.54, 1.807) is 30.5 Å². The van der Waals surface area contributed by atoms with Gasteiger partial charge >= 0.3 is 0 Å². The lowest BCUT2D eigenvalue weighted by Crippen LogP contribution is -2.44. The van der Waals surface area contributed by atoms with Crippen molar-refractivity contribution in [3.05, 3.63) is 83.6 Å². The number of nitrogens with one attached hydrogen (secondary N) is 2. The lowest BCUT2D eigenvalue weighted by molar-refractivity contribution is 0.0901. The fourth-order valence-corrected chi connectivity index (χ4v) is 4.55. The predicted octanol–water partition coefficient (Wildman–Crippen LogP) is 3.96. The van der Waals surface area contributed by atoms with E-state index in [2.05, 4.69) is 25.5 Å². The van der Waals surface area contributed by atoms with Crippen molar-refractivity contribution in [2.45, 2.75) is 50.7 Å². The number of aromatic nitrogens is 2. The summed E-state index contributed by atoms with van der Waals surface area (Å²) in [7, 11) is 0. The molecule has 0 spiro atoms. The van der Waals surface area contributed by atoms with Gasteiger partial charge in [0.25, 0.3) is 11.8 Å². The van der Waals surface area contributed by atoms with E-state index in [-0.39, 0.29) is 23.7 Å². The third kappa shape index (κ3) is 5.94. The van der Waals surface area contributed by atoms with E-state index in [4.69, 9.17) is 0 Å². The smallest absolute Gasteiger partial charge is 0.253 e. The third-order valence-electron chi connectivity index (χ3n) is 6.98. The van der Waals surface area contributed by atoms with Gasteiger partial charge in [-0.2, -0.15) is 0 Å². The Morgan fingerprint density at radius 3 is 2.08 bits per heavy atom. The summed E-state index contributed by atoms with van der Waals surface area (Å²) in [4.78, 5) is 36.1. The summed E-state index contributed by atoms with van der Waals surface area (Å²) in [5.74, 6) is -0.514. The summed E-state index contributed by atoms with van der Waals surface area (Å²) in [5, 5.41) is 6.14. The van der Waals surface area contributed by atoms with Crippen LogP contribution >= 0.6 is 0 Å². The average molecular weight is 488 g/mol. The molecule has 2 N–H and O–H groups in total. The molecule has 3 aromatic rings. The molecule has 0 bridgehead atoms. The summed E-state index contributed by atoms with van der Waals surface area (Å²) in [6.07, 6.45) is 8.20. The molecule has 1 saturated heterocycles. The Balaban J connectivity index is 1.07. The van der Waals surface area contributed by atoms with Crippen molar-refractivity contribution in [3.63, 3.8) is 0 Å². The van der Waals surface area contributed by atoms with Crippen LogP contribution in [0.25, 0.3) is 11.3 Å². The monoisotopic (exact) mass is 487 g/mol. The zero-order valence-electron chi connectivity index (χ0n) is 20.1. The number of amides is 2. The third-order valence-corrected chi connectivity index (χ3v) is 6.98. The van der Waals surface area contributed by atoms with E-state index >= 15 is 0 Å². The first kappa shape index (κ1) is 24.1. The van der Waals surface area contributed by atoms with Gasteiger partial charge in [-0.3, -0.25) is 24.5 Å². The molecule has 7 nitrogen and oxygen atoms in total. The molecule has 1 saturated carbocycles. The SMILES string of the molecule is O=C(NC1CCC1)c1ccc(CN2CCC(NC(=O)c3ccc(-c4cccc(F)c4)nc3)CC2)nc1. The van der Waals surface area contributed by atoms with Crippen LogP contribution in [0.15, 0.2) is 60.9 Å². The van der Waals surface area contributed by atoms with Gasteiger partial charge in [0.15, 0.2) is 0 Å². The molecule has 0 unspecified atom stereocenters. The first-order valence-corrected chi connectivity index (χ1v) is 12.5. The Hall–Kier alpha value is -3.65. The Morgan fingerprint density at radius 2 is 1.53 bits per heavy atom. The number of carbonyl (C=O) groups excluding carboxylic acids is 2. The number of piperidine rings is 1. The van der Waals surface area contributed by atoms with Crippen molar-refractivity contribution in [1.29, 1.82) is 0 Å². The van der Waals surface area contributed by atoms with Gasteiger partial charge in [0.05, 0.1) is 22.5 Å². The van der Waals surface area contributed by atoms with Crippen LogP contribution in [-0.4, -0.2) is 51.9 Å². The minimum absolute atomic E-state index is 0.0471. The Bertz CT molecular complexity index is 1200. The molecular weight excluding hydrogens is 457 g/mol. The molecular formula is C28H30FN5O2. The van der Waals surface area contributed by atoms with Crippen molar-refractivity contribution in [2.75, 3.05) is 13.1 Å². The predicted molar refractivity (Wildman–Crippen MR) is 135 cm³/mol. The van der Waals surface area contributed by atoms with Gasteiger partial charge < -0.3 is 10.6 Å². The van der Waals surface area contributed by atoms with Gasteiger partial charge in [-0.1, -0.05) is 12.1 Å². The summed E-state index contributed by atoms with van der Waals surface area (Å²) >= 11 is 0. The van der Waals surface area contributed by atoms with Crippen molar-refractivity contribution in [1.82, 2.24) is 25.5 Å². The number of pyridine rings is 2. The number of carbonyl (C=O) groups is 2. The van der Waals surface area contributed by atoms with Crippen LogP contribution in [0, 0.1) is 5.82 Å². The molecule has 5 rings (SSSR count). The molecule has 0 atom stereocenters. The van der Waals surface area contributed by atoms with Gasteiger partial charge in [0.2, 0.25) is 0 Å². The van der Waals surface area contributed by atoms with Gasteiger partial charge in [-0.15, -0.1) is 0 Å². The van der Waals surface area contributed by atoms with E-state index in [0.717, 1.165) is 51.0 Å². The number of hydrogen-bond donors (Lipinski definition) is 2. The highest BCUT2D eigenvalue weighted by Gasteiger charge is 2.23. The van der Waals surface area contributed by atoms with Crippen LogP contribution in [0.2, 0.25) is 0 Å². The van der Waals surface area contributed by atoms with Crippen molar-refractivity contribution >= 4 is 11.8 Å². The standard InChI is InChI=1S/C28H30FN5O2/c29-22-4-1-3-19(15-22)26-10-8-21(17-31-26)28(36)33-24-11-13-34(14-12-24)18-25-9-7-20(16-30-25)27(35)32-23-5-2-6-23/h1,3-4,7-10,15-17,23-24H,2,5-6,11-14,18H2,(H,32,35)(H,33,36). The minimum Gasteiger partial charge on any atom is -0.349 e. The highest BCUT2D eigenvalue weighted by Crippen LogP contribution is 2.20. The van der Waals surface area contributed by atoms with Crippen molar-refractivity contribution in [3.8, 4) is 11.3 Å². The lowest BCUT2D eigenvalue weighted by atomic mass is 9.93. The average Bonchev–Trinajstić information content (AvgIpc) is 2.88. The first-order valence-electron chi connectivity index (χ1n) is 12.5. The molecule has 36 heavy (non-hydrogen) atoms. The highest BCUT2D eigenvalue weighted by atomic mass is 19.1. The first-order chi connectivity index (χ1) is 17.5. The van der Waals surface area contributed by atoms with Crippen LogP contribution < -0.4 is 10.6 Å². The maximum Gasteiger partial charge on any atom is 0.253 e. The molecule has 2 fully saturated rings. The minimum atomic E-state index is -0.318. The van der Waals surface area contributed by atoms with Crippen LogP contribution in [0.1, 0.15) is 58.5 Å². The second-order valence-electron chi connectivity index (χ2n) is 9.61. The summed E-state index contributed by atoms with van der Waals surface area (Å²) in [5.41, 5.74) is 3.33. The summed E-state index contributed by atoms with van der Waals surface area (Å²) in [6, 6.07) is 13.9. The van der Waals surface area contributed by atoms with Gasteiger partial charge in [-0.25, -0.2) is 4.39 Å². The Labute approximate surface area is 210 Å². The van der Waals surface area contributed by atoms with Crippen LogP contribution in [0.4, 0.5) is 4.39 Å². The van der Waals surface area contributed by atoms with Crippen molar-refractivity contribution < 1.29 is 14.0 Å². The van der Waals surface area contributed by atoms with E-state index in [1.807, 2.05) is 12.1 Å². The highest BCUT2D eigenvalue weighted by molar-refractivity contribution is 5.94. The van der Waals surface area contributed by atoms with Crippen LogP contribution in [-0.2, 0) is 6.54 Å². The molecule has 1 aliphatic heterocycles. The Morgan fingerprint density at radius 1 is 0.861 bits per heavy atom. The van der Waals surface area contributed by atoms with Gasteiger partial charge in [0.1, 0.15) is 5.82 Å². The zero-order valence-corrected chi connectivity index (χ0v) is 20.1. The number of nitrogens with zero attached hydrogens (tertiary/aromatic N) is 3. The quantitative estimate of drug-likeness (QED) is 0.527. The molecule has 186 valence electrons. The van der Waals surface area contributed by atoms with Gasteiger partial charge in [0, 0.05) is 49.7 Å². The Kier molecular flexibility index (Phi) is 7.32. The number of halogens is 1. The summed E-state index contributed by atoms with van der Waals surface area (Å²) in [6.45, 7) is 2.43.